The molecule has 0 saturated carbocycles. The number of benzene rings is 1. The summed E-state index contributed by atoms with van der Waals surface area (Å²) < 4.78 is 2.13. The van der Waals surface area contributed by atoms with E-state index in [1.807, 2.05) is 25.2 Å². The van der Waals surface area contributed by atoms with Crippen LogP contribution in [-0.2, 0) is 11.8 Å². The number of fused-ring (bicyclic) bond motifs is 1. The number of anilines is 2. The number of hydrogen-bond acceptors (Lipinski definition) is 3. The van der Waals surface area contributed by atoms with Crippen LogP contribution >= 0.6 is 9.24 Å². The molecule has 1 aromatic carbocycles. The number of rotatable bonds is 3. The fourth-order valence-electron chi connectivity index (χ4n) is 3.18. The van der Waals surface area contributed by atoms with Crippen LogP contribution < -0.4 is 10.2 Å². The third kappa shape index (κ3) is 3.25. The zero-order chi connectivity index (χ0) is 16.6. The van der Waals surface area contributed by atoms with Crippen molar-refractivity contribution < 1.29 is 4.79 Å². The number of aryl methyl sites for hydroxylation is 1. The fourth-order valence-corrected chi connectivity index (χ4v) is 3.60. The van der Waals surface area contributed by atoms with E-state index in [9.17, 15) is 4.79 Å². The fraction of sp³-hybridized carbons (Fsp3) is 0.412. The first-order chi connectivity index (χ1) is 10.9. The Morgan fingerprint density at radius 2 is 2.30 bits per heavy atom. The van der Waals surface area contributed by atoms with Crippen LogP contribution in [0.15, 0.2) is 30.9 Å². The zero-order valence-corrected chi connectivity index (χ0v) is 14.8. The number of nitrogens with one attached hydrogen (secondary N) is 1. The Morgan fingerprint density at radius 1 is 1.52 bits per heavy atom. The number of carbonyl (C=O) groups excluding carboxylic acids is 1. The Morgan fingerprint density at radius 3 is 3.00 bits per heavy atom. The Bertz CT molecular complexity index is 765. The maximum absolute atomic E-state index is 11.4. The summed E-state index contributed by atoms with van der Waals surface area (Å²) in [6, 6.07) is 5.80. The van der Waals surface area contributed by atoms with Crippen molar-refractivity contribution in [3.05, 3.63) is 30.9 Å². The summed E-state index contributed by atoms with van der Waals surface area (Å²) in [5.74, 6) is 0.774. The standard InChI is InChI=1S/C17H23N4OP/c1-4-15(22)18-12-6-7-14-13(10-12)19-16(20(14)3)21-9-5-8-17(2,23)11-21/h4,6-7,10H,1,5,8-9,11,23H2,2-3H3,(H,18,22). The number of hydrogen-bond donors (Lipinski definition) is 1. The highest BCUT2D eigenvalue weighted by molar-refractivity contribution is 7.19. The molecule has 1 aromatic heterocycles. The van der Waals surface area contributed by atoms with Gasteiger partial charge in [0.1, 0.15) is 0 Å². The molecule has 0 spiro atoms. The molecule has 0 bridgehead atoms. The summed E-state index contributed by atoms with van der Waals surface area (Å²) >= 11 is 0. The van der Waals surface area contributed by atoms with E-state index < -0.39 is 0 Å². The number of nitrogens with zero attached hydrogens (tertiary/aromatic N) is 3. The molecule has 1 N–H and O–H groups in total. The third-order valence-electron chi connectivity index (χ3n) is 4.32. The van der Waals surface area contributed by atoms with Crippen molar-refractivity contribution in [2.75, 3.05) is 23.3 Å². The number of carbonyl (C=O) groups is 1. The van der Waals surface area contributed by atoms with Crippen LogP contribution in [0.5, 0.6) is 0 Å². The molecular formula is C17H23N4OP. The summed E-state index contributed by atoms with van der Waals surface area (Å²) in [5, 5.41) is 3.02. The lowest BCUT2D eigenvalue weighted by molar-refractivity contribution is -0.111. The molecule has 23 heavy (non-hydrogen) atoms. The van der Waals surface area contributed by atoms with E-state index >= 15 is 0 Å². The van der Waals surface area contributed by atoms with Gasteiger partial charge in [-0.1, -0.05) is 13.5 Å². The van der Waals surface area contributed by atoms with Crippen LogP contribution in [0, 0.1) is 0 Å². The van der Waals surface area contributed by atoms with Crippen LogP contribution in [0.1, 0.15) is 19.8 Å². The molecule has 2 unspecified atom stereocenters. The predicted octanol–water partition coefficient (Wildman–Crippen LogP) is 2.93. The lowest BCUT2D eigenvalue weighted by Crippen LogP contribution is -2.43. The van der Waals surface area contributed by atoms with E-state index in [1.165, 1.54) is 18.9 Å². The molecule has 0 aliphatic carbocycles. The molecule has 1 aliphatic heterocycles. The van der Waals surface area contributed by atoms with E-state index in [0.717, 1.165) is 35.8 Å². The van der Waals surface area contributed by atoms with Gasteiger partial charge in [-0.15, -0.1) is 9.24 Å². The molecule has 1 amide bonds. The Labute approximate surface area is 139 Å². The van der Waals surface area contributed by atoms with Crippen molar-refractivity contribution in [1.82, 2.24) is 9.55 Å². The second-order valence-electron chi connectivity index (χ2n) is 6.55. The summed E-state index contributed by atoms with van der Waals surface area (Å²) in [6.45, 7) is 7.75. The summed E-state index contributed by atoms with van der Waals surface area (Å²) in [4.78, 5) is 18.6. The normalized spacial score (nSPS) is 21.4. The summed E-state index contributed by atoms with van der Waals surface area (Å²) in [5.41, 5.74) is 2.69. The van der Waals surface area contributed by atoms with Crippen LogP contribution in [0.3, 0.4) is 0 Å². The summed E-state index contributed by atoms with van der Waals surface area (Å²) in [7, 11) is 5.02. The van der Waals surface area contributed by atoms with Crippen molar-refractivity contribution in [2.24, 2.45) is 7.05 Å². The van der Waals surface area contributed by atoms with Gasteiger partial charge in [0.05, 0.1) is 11.0 Å². The number of imidazole rings is 1. The van der Waals surface area contributed by atoms with Gasteiger partial charge in [-0.2, -0.15) is 0 Å². The molecule has 122 valence electrons. The first kappa shape index (κ1) is 16.0. The van der Waals surface area contributed by atoms with Gasteiger partial charge in [-0.3, -0.25) is 4.79 Å². The Kier molecular flexibility index (Phi) is 4.15. The van der Waals surface area contributed by atoms with E-state index in [4.69, 9.17) is 4.98 Å². The monoisotopic (exact) mass is 330 g/mol. The average molecular weight is 330 g/mol. The van der Waals surface area contributed by atoms with Gasteiger partial charge in [0, 0.05) is 25.8 Å². The van der Waals surface area contributed by atoms with Gasteiger partial charge in [-0.05, 0) is 42.3 Å². The molecule has 2 aromatic rings. The van der Waals surface area contributed by atoms with E-state index in [-0.39, 0.29) is 11.1 Å². The molecular weight excluding hydrogens is 307 g/mol. The number of aromatic nitrogens is 2. The zero-order valence-electron chi connectivity index (χ0n) is 13.7. The topological polar surface area (TPSA) is 50.2 Å². The van der Waals surface area contributed by atoms with Crippen molar-refractivity contribution in [3.63, 3.8) is 0 Å². The van der Waals surface area contributed by atoms with Gasteiger partial charge < -0.3 is 14.8 Å². The highest BCUT2D eigenvalue weighted by atomic mass is 31.0. The van der Waals surface area contributed by atoms with Crippen molar-refractivity contribution in [2.45, 2.75) is 24.9 Å². The Balaban J connectivity index is 1.94. The molecule has 6 heteroatoms. The van der Waals surface area contributed by atoms with Gasteiger partial charge in [0.2, 0.25) is 11.9 Å². The van der Waals surface area contributed by atoms with Crippen LogP contribution in [-0.4, -0.2) is 33.7 Å². The molecule has 1 saturated heterocycles. The van der Waals surface area contributed by atoms with Gasteiger partial charge in [0.15, 0.2) is 0 Å². The lowest BCUT2D eigenvalue weighted by Gasteiger charge is -2.38. The quantitative estimate of drug-likeness (QED) is 0.695. The minimum Gasteiger partial charge on any atom is -0.341 e. The van der Waals surface area contributed by atoms with Crippen LogP contribution in [0.25, 0.3) is 11.0 Å². The maximum Gasteiger partial charge on any atom is 0.247 e. The maximum atomic E-state index is 11.4. The summed E-state index contributed by atoms with van der Waals surface area (Å²) in [6.07, 6.45) is 3.65. The molecule has 2 atom stereocenters. The molecule has 2 heterocycles. The average Bonchev–Trinajstić information content (AvgIpc) is 2.83. The Hall–Kier alpha value is -1.87. The molecule has 0 radical (unpaired) electrons. The second kappa shape index (κ2) is 5.97. The van der Waals surface area contributed by atoms with Crippen LogP contribution in [0.4, 0.5) is 11.6 Å². The van der Waals surface area contributed by atoms with Gasteiger partial charge in [0.25, 0.3) is 0 Å². The first-order valence-corrected chi connectivity index (χ1v) is 8.41. The van der Waals surface area contributed by atoms with Crippen LogP contribution in [0.2, 0.25) is 0 Å². The van der Waals surface area contributed by atoms with Crippen molar-refractivity contribution in [3.8, 4) is 0 Å². The smallest absolute Gasteiger partial charge is 0.247 e. The third-order valence-corrected chi connectivity index (χ3v) is 4.79. The van der Waals surface area contributed by atoms with Crippen molar-refractivity contribution >= 4 is 37.8 Å². The second-order valence-corrected chi connectivity index (χ2v) is 7.94. The van der Waals surface area contributed by atoms with Gasteiger partial charge >= 0.3 is 0 Å². The van der Waals surface area contributed by atoms with E-state index in [0.29, 0.717) is 0 Å². The molecule has 5 nitrogen and oxygen atoms in total. The number of amides is 1. The van der Waals surface area contributed by atoms with Crippen molar-refractivity contribution in [1.29, 1.82) is 0 Å². The van der Waals surface area contributed by atoms with Gasteiger partial charge in [-0.25, -0.2) is 4.98 Å². The molecule has 3 rings (SSSR count). The highest BCUT2D eigenvalue weighted by Gasteiger charge is 2.29. The molecule has 1 aliphatic rings. The highest BCUT2D eigenvalue weighted by Crippen LogP contribution is 2.33. The van der Waals surface area contributed by atoms with E-state index in [1.54, 1.807) is 0 Å². The predicted molar refractivity (Wildman–Crippen MR) is 99.1 cm³/mol. The van der Waals surface area contributed by atoms with E-state index in [2.05, 4.69) is 37.5 Å². The first-order valence-electron chi connectivity index (χ1n) is 7.83. The lowest BCUT2D eigenvalue weighted by atomic mass is 9.99. The number of piperidine rings is 1. The SMILES string of the molecule is C=CC(=O)Nc1ccc2c(c1)nc(N1CCCC(C)(P)C1)n2C. The largest absolute Gasteiger partial charge is 0.341 e. The minimum absolute atomic E-state index is 0.213. The molecule has 1 fully saturated rings. The minimum atomic E-state index is -0.213.